The first-order valence-electron chi connectivity index (χ1n) is 6.07. The average Bonchev–Trinajstić information content (AvgIpc) is 3.08. The van der Waals surface area contributed by atoms with Gasteiger partial charge in [0.25, 0.3) is 0 Å². The van der Waals surface area contributed by atoms with Gasteiger partial charge in [-0.3, -0.25) is 9.78 Å². The van der Waals surface area contributed by atoms with Crippen molar-refractivity contribution in [1.29, 1.82) is 0 Å². The summed E-state index contributed by atoms with van der Waals surface area (Å²) in [5.74, 6) is -0.0413. The Balaban J connectivity index is 1.94. The van der Waals surface area contributed by atoms with E-state index in [1.54, 1.807) is 35.7 Å². The van der Waals surface area contributed by atoms with E-state index in [4.69, 9.17) is 0 Å². The summed E-state index contributed by atoms with van der Waals surface area (Å²) in [5, 5.41) is 8.05. The van der Waals surface area contributed by atoms with Gasteiger partial charge in [0.2, 0.25) is 5.91 Å². The van der Waals surface area contributed by atoms with Crippen LogP contribution in [0.1, 0.15) is 29.8 Å². The van der Waals surface area contributed by atoms with Gasteiger partial charge in [0, 0.05) is 25.7 Å². The first-order valence-corrected chi connectivity index (χ1v) is 6.95. The molecule has 0 aromatic carbocycles. The lowest BCUT2D eigenvalue weighted by atomic mass is 10.0. The van der Waals surface area contributed by atoms with Gasteiger partial charge >= 0.3 is 0 Å². The smallest absolute Gasteiger partial charge is 0.240 e. The van der Waals surface area contributed by atoms with Crippen LogP contribution in [-0.4, -0.2) is 21.6 Å². The minimum Gasteiger partial charge on any atom is -0.273 e. The predicted molar refractivity (Wildman–Crippen MR) is 75.0 cm³/mol. The molecule has 19 heavy (non-hydrogen) atoms. The largest absolute Gasteiger partial charge is 0.273 e. The maximum absolute atomic E-state index is 11.7. The number of rotatable bonds is 2. The summed E-state index contributed by atoms with van der Waals surface area (Å²) in [4.78, 5) is 17.0. The number of hydrogen-bond donors (Lipinski definition) is 0. The number of carbonyl (C=O) groups excluding carboxylic acids is 1. The first-order chi connectivity index (χ1) is 9.25. The molecule has 4 nitrogen and oxygen atoms in total. The summed E-state index contributed by atoms with van der Waals surface area (Å²) in [6.45, 7) is 1.55. The van der Waals surface area contributed by atoms with Gasteiger partial charge in [-0.2, -0.15) is 5.10 Å². The van der Waals surface area contributed by atoms with Gasteiger partial charge in [-0.05, 0) is 23.1 Å². The van der Waals surface area contributed by atoms with Gasteiger partial charge in [-0.15, -0.1) is 11.3 Å². The summed E-state index contributed by atoms with van der Waals surface area (Å²) in [7, 11) is 0. The second kappa shape index (κ2) is 4.93. The third-order valence-electron chi connectivity index (χ3n) is 3.11. The van der Waals surface area contributed by atoms with Gasteiger partial charge < -0.3 is 0 Å². The lowest BCUT2D eigenvalue weighted by Gasteiger charge is -2.19. The molecule has 1 aliphatic heterocycles. The van der Waals surface area contributed by atoms with Crippen LogP contribution in [-0.2, 0) is 4.79 Å². The van der Waals surface area contributed by atoms with E-state index >= 15 is 0 Å². The lowest BCUT2D eigenvalue weighted by Crippen LogP contribution is -2.24. The molecule has 0 fully saturated rings. The third kappa shape index (κ3) is 2.29. The number of thiophene rings is 1. The molecular weight excluding hydrogens is 258 g/mol. The van der Waals surface area contributed by atoms with Crippen molar-refractivity contribution in [3.63, 3.8) is 0 Å². The highest BCUT2D eigenvalue weighted by atomic mass is 32.1. The van der Waals surface area contributed by atoms with E-state index in [2.05, 4.69) is 10.1 Å². The summed E-state index contributed by atoms with van der Waals surface area (Å²) >= 11 is 1.65. The van der Waals surface area contributed by atoms with Gasteiger partial charge in [-0.1, -0.05) is 12.1 Å². The minimum atomic E-state index is -0.0413. The van der Waals surface area contributed by atoms with Gasteiger partial charge in [0.05, 0.1) is 16.6 Å². The summed E-state index contributed by atoms with van der Waals surface area (Å²) in [6.07, 6.45) is 4.27. The van der Waals surface area contributed by atoms with E-state index in [0.29, 0.717) is 0 Å². The second-order valence-corrected chi connectivity index (χ2v) is 5.34. The SMILES string of the molecule is CC(=O)N1N=C(c2cccs2)CC1c1cccnc1. The lowest BCUT2D eigenvalue weighted by molar-refractivity contribution is -0.130. The highest BCUT2D eigenvalue weighted by Crippen LogP contribution is 2.33. The first kappa shape index (κ1) is 12.0. The van der Waals surface area contributed by atoms with Crippen molar-refractivity contribution in [2.24, 2.45) is 5.10 Å². The van der Waals surface area contributed by atoms with E-state index in [1.165, 1.54) is 0 Å². The minimum absolute atomic E-state index is 0.0386. The fourth-order valence-electron chi connectivity index (χ4n) is 2.22. The van der Waals surface area contributed by atoms with Crippen LogP contribution in [0.15, 0.2) is 47.1 Å². The maximum atomic E-state index is 11.7. The van der Waals surface area contributed by atoms with Crippen molar-refractivity contribution < 1.29 is 4.79 Å². The summed E-state index contributed by atoms with van der Waals surface area (Å²) < 4.78 is 0. The number of amides is 1. The van der Waals surface area contributed by atoms with Gasteiger partial charge in [0.15, 0.2) is 0 Å². The molecule has 3 rings (SSSR count). The Labute approximate surface area is 115 Å². The van der Waals surface area contributed by atoms with Crippen LogP contribution >= 0.6 is 11.3 Å². The topological polar surface area (TPSA) is 45.6 Å². The molecule has 1 amide bonds. The maximum Gasteiger partial charge on any atom is 0.240 e. The van der Waals surface area contributed by atoms with Crippen LogP contribution in [0.2, 0.25) is 0 Å². The molecule has 0 bridgehead atoms. The Morgan fingerprint density at radius 1 is 1.42 bits per heavy atom. The number of carbonyl (C=O) groups is 1. The highest BCUT2D eigenvalue weighted by molar-refractivity contribution is 7.12. The predicted octanol–water partition coefficient (Wildman–Crippen LogP) is 2.84. The fraction of sp³-hybridized carbons (Fsp3) is 0.214. The molecule has 0 N–H and O–H groups in total. The number of hydrogen-bond acceptors (Lipinski definition) is 4. The zero-order chi connectivity index (χ0) is 13.2. The van der Waals surface area contributed by atoms with Crippen molar-refractivity contribution in [1.82, 2.24) is 9.99 Å². The van der Waals surface area contributed by atoms with Crippen LogP contribution in [0.25, 0.3) is 0 Å². The van der Waals surface area contributed by atoms with Gasteiger partial charge in [-0.25, -0.2) is 5.01 Å². The Bertz CT molecular complexity index is 607. The van der Waals surface area contributed by atoms with Gasteiger partial charge in [0.1, 0.15) is 0 Å². The number of hydrazone groups is 1. The average molecular weight is 271 g/mol. The van der Waals surface area contributed by atoms with Crippen molar-refractivity contribution in [3.8, 4) is 0 Å². The Kier molecular flexibility index (Phi) is 3.13. The van der Waals surface area contributed by atoms with Crippen LogP contribution in [0, 0.1) is 0 Å². The van der Waals surface area contributed by atoms with Crippen molar-refractivity contribution in [2.45, 2.75) is 19.4 Å². The molecule has 0 saturated carbocycles. The van der Waals surface area contributed by atoms with Crippen LogP contribution < -0.4 is 0 Å². The second-order valence-electron chi connectivity index (χ2n) is 4.39. The number of aromatic nitrogens is 1. The van der Waals surface area contributed by atoms with Crippen molar-refractivity contribution in [3.05, 3.63) is 52.5 Å². The summed E-state index contributed by atoms with van der Waals surface area (Å²) in [6, 6.07) is 7.87. The Morgan fingerprint density at radius 3 is 2.95 bits per heavy atom. The molecule has 96 valence electrons. The normalized spacial score (nSPS) is 18.5. The summed E-state index contributed by atoms with van der Waals surface area (Å²) in [5.41, 5.74) is 1.99. The molecular formula is C14H13N3OS. The molecule has 2 aromatic rings. The monoisotopic (exact) mass is 271 g/mol. The number of nitrogens with zero attached hydrogens (tertiary/aromatic N) is 3. The molecule has 1 unspecified atom stereocenters. The van der Waals surface area contributed by atoms with Crippen LogP contribution in [0.5, 0.6) is 0 Å². The van der Waals surface area contributed by atoms with Crippen LogP contribution in [0.4, 0.5) is 0 Å². The highest BCUT2D eigenvalue weighted by Gasteiger charge is 2.31. The van der Waals surface area contributed by atoms with E-state index in [9.17, 15) is 4.79 Å². The van der Waals surface area contributed by atoms with E-state index < -0.39 is 0 Å². The molecule has 0 saturated heterocycles. The quantitative estimate of drug-likeness (QED) is 0.843. The molecule has 0 aliphatic carbocycles. The molecule has 1 atom stereocenters. The Morgan fingerprint density at radius 2 is 2.32 bits per heavy atom. The molecule has 1 aliphatic rings. The molecule has 5 heteroatoms. The zero-order valence-electron chi connectivity index (χ0n) is 10.5. The zero-order valence-corrected chi connectivity index (χ0v) is 11.3. The fourth-order valence-corrected chi connectivity index (χ4v) is 2.95. The van der Waals surface area contributed by atoms with E-state index in [1.807, 2.05) is 29.6 Å². The molecule has 2 aromatic heterocycles. The van der Waals surface area contributed by atoms with Crippen molar-refractivity contribution in [2.75, 3.05) is 0 Å². The van der Waals surface area contributed by atoms with E-state index in [0.717, 1.165) is 22.6 Å². The van der Waals surface area contributed by atoms with Crippen LogP contribution in [0.3, 0.4) is 0 Å². The number of pyridine rings is 1. The third-order valence-corrected chi connectivity index (χ3v) is 4.03. The molecule has 3 heterocycles. The van der Waals surface area contributed by atoms with E-state index in [-0.39, 0.29) is 11.9 Å². The molecule has 0 spiro atoms. The molecule has 0 radical (unpaired) electrons. The standard InChI is InChI=1S/C14H13N3OS/c1-10(18)17-13(11-4-2-6-15-9-11)8-12(16-17)14-5-3-7-19-14/h2-7,9,13H,8H2,1H3. The van der Waals surface area contributed by atoms with Crippen molar-refractivity contribution >= 4 is 23.0 Å². The Hall–Kier alpha value is -2.01.